The van der Waals surface area contributed by atoms with Gasteiger partial charge in [-0.2, -0.15) is 4.31 Å². The van der Waals surface area contributed by atoms with Crippen molar-refractivity contribution in [2.75, 3.05) is 33.3 Å². The van der Waals surface area contributed by atoms with Gasteiger partial charge in [-0.3, -0.25) is 0 Å². The number of ether oxygens (including phenoxy) is 2. The predicted molar refractivity (Wildman–Crippen MR) is 148 cm³/mol. The number of carbonyl (C=O) groups excluding carboxylic acids is 1. The van der Waals surface area contributed by atoms with Gasteiger partial charge in [-0.15, -0.1) is 0 Å². The maximum Gasteiger partial charge on any atom is 0.410 e. The van der Waals surface area contributed by atoms with Crippen molar-refractivity contribution in [3.63, 3.8) is 0 Å². The van der Waals surface area contributed by atoms with Crippen molar-refractivity contribution >= 4 is 33.3 Å². The van der Waals surface area contributed by atoms with Gasteiger partial charge in [0.2, 0.25) is 15.9 Å². The first kappa shape index (κ1) is 28.4. The van der Waals surface area contributed by atoms with Crippen LogP contribution in [0.2, 0.25) is 5.02 Å². The Balaban J connectivity index is 1.53. The molecule has 0 unspecified atom stereocenters. The molecule has 1 aliphatic heterocycles. The van der Waals surface area contributed by atoms with E-state index in [2.05, 4.69) is 11.1 Å². The summed E-state index contributed by atoms with van der Waals surface area (Å²) in [5.41, 5.74) is 1.94. The van der Waals surface area contributed by atoms with Crippen LogP contribution in [0.3, 0.4) is 0 Å². The van der Waals surface area contributed by atoms with Crippen LogP contribution in [0.1, 0.15) is 57.7 Å². The van der Waals surface area contributed by atoms with Crippen molar-refractivity contribution in [1.82, 2.24) is 14.2 Å². The lowest BCUT2D eigenvalue weighted by Crippen LogP contribution is -2.51. The molecule has 2 fully saturated rings. The number of hydrogen-bond donors (Lipinski definition) is 0. The maximum atomic E-state index is 13.4. The fourth-order valence-electron chi connectivity index (χ4n) is 4.80. The molecule has 2 aromatic rings. The van der Waals surface area contributed by atoms with E-state index >= 15 is 0 Å². The molecule has 1 saturated heterocycles. The lowest BCUT2D eigenvalue weighted by atomic mass is 9.96. The number of sulfonamides is 1. The van der Waals surface area contributed by atoms with E-state index in [-0.39, 0.29) is 31.1 Å². The van der Waals surface area contributed by atoms with Gasteiger partial charge in [0.05, 0.1) is 17.7 Å². The van der Waals surface area contributed by atoms with Gasteiger partial charge in [0.25, 0.3) is 0 Å². The highest BCUT2D eigenvalue weighted by molar-refractivity contribution is 7.89. The Morgan fingerprint density at radius 2 is 1.66 bits per heavy atom. The van der Waals surface area contributed by atoms with Crippen LogP contribution in [0.25, 0.3) is 5.57 Å². The van der Waals surface area contributed by atoms with Crippen LogP contribution in [-0.4, -0.2) is 67.6 Å². The van der Waals surface area contributed by atoms with Gasteiger partial charge >= 0.3 is 6.09 Å². The summed E-state index contributed by atoms with van der Waals surface area (Å²) in [7, 11) is -2.18. The SMILES string of the molecule is COc1nc(/C(=C/C2CCCC2)c2ccc(S(=O)(=O)N3CCN(C(=O)OC(C)(C)C)CC3)cc2)ccc1Cl. The average molecular weight is 562 g/mol. The van der Waals surface area contributed by atoms with Crippen LogP contribution >= 0.6 is 11.6 Å². The largest absolute Gasteiger partial charge is 0.480 e. The van der Waals surface area contributed by atoms with Crippen molar-refractivity contribution in [3.8, 4) is 5.88 Å². The highest BCUT2D eigenvalue weighted by Gasteiger charge is 2.32. The summed E-state index contributed by atoms with van der Waals surface area (Å²) >= 11 is 6.21. The number of hydrogen-bond acceptors (Lipinski definition) is 6. The van der Waals surface area contributed by atoms with E-state index in [1.54, 1.807) is 23.1 Å². The van der Waals surface area contributed by atoms with Crippen molar-refractivity contribution in [2.24, 2.45) is 5.92 Å². The Hall–Kier alpha value is -2.62. The fraction of sp³-hybridized carbons (Fsp3) is 0.500. The Morgan fingerprint density at radius 1 is 1.03 bits per heavy atom. The van der Waals surface area contributed by atoms with E-state index in [0.717, 1.165) is 29.7 Å². The van der Waals surface area contributed by atoms with E-state index in [1.165, 1.54) is 24.3 Å². The normalized spacial score (nSPS) is 18.0. The third kappa shape index (κ3) is 6.68. The first-order valence-electron chi connectivity index (χ1n) is 13.0. The molecule has 1 saturated carbocycles. The quantitative estimate of drug-likeness (QED) is 0.455. The van der Waals surface area contributed by atoms with Crippen molar-refractivity contribution < 1.29 is 22.7 Å². The Morgan fingerprint density at radius 3 is 2.24 bits per heavy atom. The van der Waals surface area contributed by atoms with E-state index < -0.39 is 21.7 Å². The molecule has 38 heavy (non-hydrogen) atoms. The van der Waals surface area contributed by atoms with Gasteiger partial charge in [0, 0.05) is 31.8 Å². The van der Waals surface area contributed by atoms with Crippen LogP contribution in [0.4, 0.5) is 4.79 Å². The Labute approximate surface area is 230 Å². The number of methoxy groups -OCH3 is 1. The summed E-state index contributed by atoms with van der Waals surface area (Å²) in [6.45, 7) is 6.42. The monoisotopic (exact) mass is 561 g/mol. The highest BCUT2D eigenvalue weighted by atomic mass is 35.5. The summed E-state index contributed by atoms with van der Waals surface area (Å²) < 4.78 is 38.9. The topological polar surface area (TPSA) is 89.0 Å². The third-order valence-electron chi connectivity index (χ3n) is 6.78. The smallest absolute Gasteiger partial charge is 0.410 e. The minimum Gasteiger partial charge on any atom is -0.480 e. The van der Waals surface area contributed by atoms with Gasteiger partial charge < -0.3 is 14.4 Å². The molecule has 0 radical (unpaired) electrons. The number of amides is 1. The highest BCUT2D eigenvalue weighted by Crippen LogP contribution is 2.34. The van der Waals surface area contributed by atoms with E-state index in [4.69, 9.17) is 21.1 Å². The van der Waals surface area contributed by atoms with Crippen molar-refractivity contribution in [2.45, 2.75) is 57.0 Å². The summed E-state index contributed by atoms with van der Waals surface area (Å²) in [5, 5.41) is 0.435. The summed E-state index contributed by atoms with van der Waals surface area (Å²) in [6.07, 6.45) is 6.45. The van der Waals surface area contributed by atoms with Gasteiger partial charge in [-0.1, -0.05) is 42.7 Å². The number of halogens is 1. The molecule has 1 amide bonds. The molecule has 0 atom stereocenters. The number of pyridine rings is 1. The van der Waals surface area contributed by atoms with Crippen LogP contribution in [0, 0.1) is 5.92 Å². The Bertz CT molecular complexity index is 1270. The zero-order valence-electron chi connectivity index (χ0n) is 22.4. The summed E-state index contributed by atoms with van der Waals surface area (Å²) in [4.78, 5) is 18.7. The lowest BCUT2D eigenvalue weighted by molar-refractivity contribution is 0.0192. The fourth-order valence-corrected chi connectivity index (χ4v) is 6.40. The van der Waals surface area contributed by atoms with Crippen LogP contribution in [0.5, 0.6) is 5.88 Å². The molecule has 0 N–H and O–H groups in total. The molecule has 4 rings (SSSR count). The van der Waals surface area contributed by atoms with Gasteiger partial charge in [0.1, 0.15) is 10.6 Å². The zero-order valence-corrected chi connectivity index (χ0v) is 24.0. The molecule has 1 aliphatic carbocycles. The molecule has 8 nitrogen and oxygen atoms in total. The van der Waals surface area contributed by atoms with Crippen LogP contribution in [-0.2, 0) is 14.8 Å². The van der Waals surface area contributed by atoms with Gasteiger partial charge in [-0.05, 0) is 69.4 Å². The average Bonchev–Trinajstić information content (AvgIpc) is 3.40. The zero-order chi connectivity index (χ0) is 27.5. The molecule has 206 valence electrons. The molecule has 0 bridgehead atoms. The molecular weight excluding hydrogens is 526 g/mol. The summed E-state index contributed by atoms with van der Waals surface area (Å²) in [5.74, 6) is 0.796. The summed E-state index contributed by atoms with van der Waals surface area (Å²) in [6, 6.07) is 10.6. The van der Waals surface area contributed by atoms with Gasteiger partial charge in [-0.25, -0.2) is 18.2 Å². The van der Waals surface area contributed by atoms with E-state index in [0.29, 0.717) is 16.8 Å². The number of piperazine rings is 1. The number of aromatic nitrogens is 1. The van der Waals surface area contributed by atoms with Crippen molar-refractivity contribution in [3.05, 3.63) is 58.8 Å². The van der Waals surface area contributed by atoms with Crippen molar-refractivity contribution in [1.29, 1.82) is 0 Å². The molecule has 2 heterocycles. The standard InChI is InChI=1S/C28H36ClN3O5S/c1-28(2,3)37-27(33)31-15-17-32(18-16-31)38(34,35)22-11-9-21(10-12-22)23(19-20-7-5-6-8-20)25-14-13-24(29)26(30-25)36-4/h9-14,19-20H,5-8,15-18H2,1-4H3/b23-19+. The Kier molecular flexibility index (Phi) is 8.69. The maximum absolute atomic E-state index is 13.4. The number of carbonyl (C=O) groups is 1. The number of rotatable bonds is 6. The van der Waals surface area contributed by atoms with Gasteiger partial charge in [0.15, 0.2) is 0 Å². The van der Waals surface area contributed by atoms with E-state index in [1.807, 2.05) is 39.0 Å². The number of nitrogens with zero attached hydrogens (tertiary/aromatic N) is 3. The lowest BCUT2D eigenvalue weighted by Gasteiger charge is -2.35. The molecular formula is C28H36ClN3O5S. The second-order valence-electron chi connectivity index (χ2n) is 10.7. The second-order valence-corrected chi connectivity index (χ2v) is 13.1. The van der Waals surface area contributed by atoms with Crippen LogP contribution in [0.15, 0.2) is 47.4 Å². The minimum absolute atomic E-state index is 0.213. The molecule has 10 heteroatoms. The van der Waals surface area contributed by atoms with Crippen LogP contribution < -0.4 is 4.74 Å². The molecule has 1 aromatic carbocycles. The second kappa shape index (κ2) is 11.6. The minimum atomic E-state index is -3.71. The first-order chi connectivity index (χ1) is 18.0. The molecule has 2 aliphatic rings. The number of allylic oxidation sites excluding steroid dienone is 1. The van der Waals surface area contributed by atoms with E-state index in [9.17, 15) is 13.2 Å². The predicted octanol–water partition coefficient (Wildman–Crippen LogP) is 5.61. The number of benzene rings is 1. The molecule has 0 spiro atoms. The molecule has 1 aromatic heterocycles. The third-order valence-corrected chi connectivity index (χ3v) is 8.98. The first-order valence-corrected chi connectivity index (χ1v) is 14.8.